The topological polar surface area (TPSA) is 86.1 Å². The number of nitrogens with zero attached hydrogens (tertiary/aromatic N) is 3. The van der Waals surface area contributed by atoms with Crippen LogP contribution in [-0.4, -0.2) is 39.5 Å². The molecule has 8 heteroatoms. The van der Waals surface area contributed by atoms with Gasteiger partial charge < -0.3 is 10.1 Å². The van der Waals surface area contributed by atoms with Crippen molar-refractivity contribution >= 4 is 29.5 Å². The van der Waals surface area contributed by atoms with E-state index in [2.05, 4.69) is 15.4 Å². The van der Waals surface area contributed by atoms with Gasteiger partial charge in [-0.05, 0) is 36.8 Å². The smallest absolute Gasteiger partial charge is 0.337 e. The first kappa shape index (κ1) is 18.2. The van der Waals surface area contributed by atoms with Crippen molar-refractivity contribution in [1.29, 1.82) is 0 Å². The molecule has 3 heterocycles. The maximum atomic E-state index is 12.3. The van der Waals surface area contributed by atoms with Crippen molar-refractivity contribution in [2.24, 2.45) is 0 Å². The molecule has 1 aliphatic heterocycles. The largest absolute Gasteiger partial charge is 0.465 e. The molecule has 7 nitrogen and oxygen atoms in total. The molecule has 1 aromatic carbocycles. The van der Waals surface area contributed by atoms with Crippen LogP contribution in [0.2, 0.25) is 0 Å². The Morgan fingerprint density at radius 1 is 1.25 bits per heavy atom. The fourth-order valence-electron chi connectivity index (χ4n) is 3.20. The first-order valence-electron chi connectivity index (χ1n) is 8.69. The number of aryl methyl sites for hydroxylation is 1. The van der Waals surface area contributed by atoms with E-state index in [1.807, 2.05) is 37.3 Å². The second-order valence-electron chi connectivity index (χ2n) is 6.30. The van der Waals surface area contributed by atoms with Gasteiger partial charge in [0.2, 0.25) is 5.91 Å². The summed E-state index contributed by atoms with van der Waals surface area (Å²) in [7, 11) is 1.36. The number of carbonyl (C=O) groups excluding carboxylic acids is 2. The van der Waals surface area contributed by atoms with Crippen LogP contribution in [0.3, 0.4) is 0 Å². The van der Waals surface area contributed by atoms with Gasteiger partial charge in [0.15, 0.2) is 5.82 Å². The van der Waals surface area contributed by atoms with Crippen LogP contribution in [0.4, 0.5) is 5.82 Å². The van der Waals surface area contributed by atoms with E-state index < -0.39 is 0 Å². The van der Waals surface area contributed by atoms with Crippen LogP contribution in [0.15, 0.2) is 48.7 Å². The van der Waals surface area contributed by atoms with E-state index in [9.17, 15) is 9.59 Å². The average molecular weight is 394 g/mol. The molecule has 0 unspecified atom stereocenters. The first-order chi connectivity index (χ1) is 13.6. The van der Waals surface area contributed by atoms with Crippen LogP contribution in [0.25, 0.3) is 5.82 Å². The summed E-state index contributed by atoms with van der Waals surface area (Å²) >= 11 is 1.53. The quantitative estimate of drug-likeness (QED) is 0.687. The molecule has 0 aliphatic carbocycles. The number of amides is 1. The summed E-state index contributed by atoms with van der Waals surface area (Å²) in [5, 5.41) is 7.50. The number of ether oxygens (including phenoxy) is 1. The van der Waals surface area contributed by atoms with Gasteiger partial charge in [-0.2, -0.15) is 9.78 Å². The molecule has 0 saturated heterocycles. The molecule has 1 amide bonds. The van der Waals surface area contributed by atoms with Crippen molar-refractivity contribution < 1.29 is 14.3 Å². The van der Waals surface area contributed by atoms with E-state index in [1.165, 1.54) is 18.9 Å². The molecule has 3 aromatic rings. The maximum Gasteiger partial charge on any atom is 0.337 e. The Morgan fingerprint density at radius 3 is 2.71 bits per heavy atom. The lowest BCUT2D eigenvalue weighted by Crippen LogP contribution is -2.16. The van der Waals surface area contributed by atoms with Gasteiger partial charge in [0.1, 0.15) is 5.82 Å². The van der Waals surface area contributed by atoms with Crippen molar-refractivity contribution in [3.8, 4) is 5.82 Å². The lowest BCUT2D eigenvalue weighted by molar-refractivity contribution is -0.113. The highest BCUT2D eigenvalue weighted by atomic mass is 32.2. The van der Waals surface area contributed by atoms with Crippen molar-refractivity contribution in [3.05, 3.63) is 71.0 Å². The predicted octanol–water partition coefficient (Wildman–Crippen LogP) is 3.14. The number of carbonyl (C=O) groups is 2. The third-order valence-corrected chi connectivity index (χ3v) is 5.78. The lowest BCUT2D eigenvalue weighted by Gasteiger charge is -2.15. The number of rotatable bonds is 3. The Hall–Kier alpha value is -3.13. The van der Waals surface area contributed by atoms with Gasteiger partial charge in [0.25, 0.3) is 0 Å². The maximum absolute atomic E-state index is 12.3. The Kier molecular flexibility index (Phi) is 4.87. The minimum atomic E-state index is -0.378. The van der Waals surface area contributed by atoms with E-state index in [-0.39, 0.29) is 17.1 Å². The van der Waals surface area contributed by atoms with E-state index in [0.717, 1.165) is 16.8 Å². The first-order valence-corrected chi connectivity index (χ1v) is 9.74. The number of fused-ring (bicyclic) bond motifs is 1. The molecule has 4 rings (SSSR count). The second-order valence-corrected chi connectivity index (χ2v) is 7.39. The molecule has 0 fully saturated rings. The van der Waals surface area contributed by atoms with Crippen LogP contribution in [0.1, 0.15) is 32.4 Å². The summed E-state index contributed by atoms with van der Waals surface area (Å²) < 4.78 is 6.44. The minimum Gasteiger partial charge on any atom is -0.465 e. The van der Waals surface area contributed by atoms with Crippen LogP contribution in [0, 0.1) is 6.92 Å². The van der Waals surface area contributed by atoms with Crippen LogP contribution in [0.5, 0.6) is 0 Å². The predicted molar refractivity (Wildman–Crippen MR) is 107 cm³/mol. The van der Waals surface area contributed by atoms with Crippen LogP contribution < -0.4 is 5.32 Å². The van der Waals surface area contributed by atoms with Crippen LogP contribution in [-0.2, 0) is 9.53 Å². The molecular weight excluding hydrogens is 376 g/mol. The molecule has 0 spiro atoms. The Balaban J connectivity index is 1.81. The number of anilines is 1. The van der Waals surface area contributed by atoms with Gasteiger partial charge in [0, 0.05) is 11.8 Å². The molecule has 0 bridgehead atoms. The van der Waals surface area contributed by atoms with Gasteiger partial charge in [-0.25, -0.2) is 9.78 Å². The van der Waals surface area contributed by atoms with Crippen molar-refractivity contribution in [1.82, 2.24) is 14.8 Å². The zero-order valence-corrected chi connectivity index (χ0v) is 16.2. The number of methoxy groups -OCH3 is 1. The zero-order chi connectivity index (χ0) is 19.7. The summed E-state index contributed by atoms with van der Waals surface area (Å²) in [6, 6.07) is 12.8. The number of nitrogens with one attached hydrogen (secondary N) is 1. The summed E-state index contributed by atoms with van der Waals surface area (Å²) in [4.78, 5) is 28.4. The fourth-order valence-corrected chi connectivity index (χ4v) is 4.39. The third-order valence-electron chi connectivity index (χ3n) is 4.51. The number of hydrogen-bond acceptors (Lipinski definition) is 6. The zero-order valence-electron chi connectivity index (χ0n) is 15.4. The highest BCUT2D eigenvalue weighted by Crippen LogP contribution is 2.43. The van der Waals surface area contributed by atoms with Gasteiger partial charge in [-0.1, -0.05) is 18.2 Å². The number of aromatic nitrogens is 3. The summed E-state index contributed by atoms with van der Waals surface area (Å²) in [6.07, 6.45) is 1.69. The normalized spacial score (nSPS) is 16.1. The monoisotopic (exact) mass is 394 g/mol. The molecular formula is C20H18N4O3S. The number of thioether (sulfide) groups is 1. The van der Waals surface area contributed by atoms with Crippen molar-refractivity contribution in [2.45, 2.75) is 12.2 Å². The van der Waals surface area contributed by atoms with Crippen LogP contribution >= 0.6 is 11.8 Å². The Bertz CT molecular complexity index is 1030. The number of pyridine rings is 1. The Morgan fingerprint density at radius 2 is 2.04 bits per heavy atom. The Labute approximate surface area is 166 Å². The molecule has 142 valence electrons. The van der Waals surface area contributed by atoms with E-state index in [4.69, 9.17) is 4.74 Å². The summed E-state index contributed by atoms with van der Waals surface area (Å²) in [5.41, 5.74) is 3.23. The average Bonchev–Trinajstić information content (AvgIpc) is 2.93. The number of hydrogen-bond donors (Lipinski definition) is 1. The van der Waals surface area contributed by atoms with Crippen molar-refractivity contribution in [3.63, 3.8) is 0 Å². The standard InChI is InChI=1S/C20H18N4O3S/c1-12-17-18(13-6-8-14(9-7-13)20(26)27-2)28-11-16(25)22-19(17)24(23-12)15-5-3-4-10-21-15/h3-10,18H,11H2,1-2H3,(H,22,25)/t18-/m1/s1. The fraction of sp³-hybridized carbons (Fsp3) is 0.200. The molecule has 1 N–H and O–H groups in total. The van der Waals surface area contributed by atoms with E-state index >= 15 is 0 Å². The molecule has 2 aromatic heterocycles. The SMILES string of the molecule is COC(=O)c1ccc([C@H]2SCC(=O)Nc3c2c(C)nn3-c2ccccn2)cc1. The molecule has 1 aliphatic rings. The van der Waals surface area contributed by atoms with Gasteiger partial charge in [-0.3, -0.25) is 4.79 Å². The summed E-state index contributed by atoms with van der Waals surface area (Å²) in [5.74, 6) is 1.13. The second kappa shape index (κ2) is 7.47. The van der Waals surface area contributed by atoms with Gasteiger partial charge in [0.05, 0.1) is 29.4 Å². The summed E-state index contributed by atoms with van der Waals surface area (Å²) in [6.45, 7) is 1.92. The minimum absolute atomic E-state index is 0.0861. The third kappa shape index (κ3) is 3.27. The van der Waals surface area contributed by atoms with E-state index in [0.29, 0.717) is 23.0 Å². The molecule has 1 atom stereocenters. The molecule has 0 radical (unpaired) electrons. The number of benzene rings is 1. The van der Waals surface area contributed by atoms with Crippen molar-refractivity contribution in [2.75, 3.05) is 18.2 Å². The highest BCUT2D eigenvalue weighted by molar-refractivity contribution is 8.00. The van der Waals surface area contributed by atoms with Gasteiger partial charge >= 0.3 is 5.97 Å². The number of esters is 1. The lowest BCUT2D eigenvalue weighted by atomic mass is 10.0. The van der Waals surface area contributed by atoms with E-state index in [1.54, 1.807) is 23.0 Å². The highest BCUT2D eigenvalue weighted by Gasteiger charge is 2.30. The molecule has 28 heavy (non-hydrogen) atoms. The van der Waals surface area contributed by atoms with Gasteiger partial charge in [-0.15, -0.1) is 11.8 Å². The molecule has 0 saturated carbocycles.